The lowest BCUT2D eigenvalue weighted by atomic mass is 10.1. The SMILES string of the molecule is C#Cc1cccc(N(C(=O)[C@@H]2C[C@@H]2c2cnn(C)c2)C(C)C)c1. The highest BCUT2D eigenvalue weighted by Gasteiger charge is 2.47. The van der Waals surface area contributed by atoms with Gasteiger partial charge in [-0.2, -0.15) is 5.10 Å². The number of terminal acetylenes is 1. The number of aromatic nitrogens is 2. The Morgan fingerprint density at radius 1 is 1.48 bits per heavy atom. The monoisotopic (exact) mass is 307 g/mol. The molecule has 1 saturated carbocycles. The number of nitrogens with zero attached hydrogens (tertiary/aromatic N) is 3. The minimum Gasteiger partial charge on any atom is -0.310 e. The van der Waals surface area contributed by atoms with Gasteiger partial charge in [0.05, 0.1) is 6.20 Å². The number of rotatable bonds is 4. The summed E-state index contributed by atoms with van der Waals surface area (Å²) >= 11 is 0. The molecule has 0 aliphatic heterocycles. The zero-order valence-corrected chi connectivity index (χ0v) is 13.7. The fraction of sp³-hybridized carbons (Fsp3) is 0.368. The standard InChI is InChI=1S/C19H21N3O/c1-5-14-7-6-8-16(9-14)22(13(2)3)19(23)18-10-17(18)15-11-20-21(4)12-15/h1,6-9,11-13,17-18H,10H2,2-4H3/t17-,18-/m1/s1. The second kappa shape index (κ2) is 5.92. The van der Waals surface area contributed by atoms with E-state index in [9.17, 15) is 4.79 Å². The summed E-state index contributed by atoms with van der Waals surface area (Å²) in [6, 6.07) is 7.71. The smallest absolute Gasteiger partial charge is 0.230 e. The number of aryl methyl sites for hydroxylation is 1. The van der Waals surface area contributed by atoms with Gasteiger partial charge in [-0.15, -0.1) is 6.42 Å². The molecule has 4 heteroatoms. The van der Waals surface area contributed by atoms with Crippen molar-refractivity contribution >= 4 is 11.6 Å². The van der Waals surface area contributed by atoms with Crippen LogP contribution in [0.25, 0.3) is 0 Å². The van der Waals surface area contributed by atoms with Crippen LogP contribution in [0.3, 0.4) is 0 Å². The molecule has 0 bridgehead atoms. The van der Waals surface area contributed by atoms with E-state index in [0.717, 1.165) is 23.2 Å². The average Bonchev–Trinajstić information content (AvgIpc) is 3.22. The van der Waals surface area contributed by atoms with Gasteiger partial charge in [-0.1, -0.05) is 12.0 Å². The van der Waals surface area contributed by atoms with Crippen molar-refractivity contribution in [3.8, 4) is 12.3 Å². The lowest BCUT2D eigenvalue weighted by molar-refractivity contribution is -0.120. The fourth-order valence-electron chi connectivity index (χ4n) is 3.07. The van der Waals surface area contributed by atoms with Gasteiger partial charge in [-0.05, 0) is 49.9 Å². The molecule has 0 unspecified atom stereocenters. The van der Waals surface area contributed by atoms with Crippen molar-refractivity contribution in [2.45, 2.75) is 32.2 Å². The first-order valence-corrected chi connectivity index (χ1v) is 7.89. The van der Waals surface area contributed by atoms with Gasteiger partial charge in [0.15, 0.2) is 0 Å². The Labute approximate surface area is 137 Å². The highest BCUT2D eigenvalue weighted by atomic mass is 16.2. The summed E-state index contributed by atoms with van der Waals surface area (Å²) < 4.78 is 1.78. The third-order valence-electron chi connectivity index (χ3n) is 4.31. The first kappa shape index (κ1) is 15.4. The molecule has 1 heterocycles. The average molecular weight is 307 g/mol. The molecule has 4 nitrogen and oxygen atoms in total. The van der Waals surface area contributed by atoms with Gasteiger partial charge in [-0.3, -0.25) is 9.48 Å². The number of carbonyl (C=O) groups excluding carboxylic acids is 1. The van der Waals surface area contributed by atoms with Crippen LogP contribution in [0.5, 0.6) is 0 Å². The van der Waals surface area contributed by atoms with Gasteiger partial charge in [0.25, 0.3) is 0 Å². The molecular formula is C19H21N3O. The van der Waals surface area contributed by atoms with Gasteiger partial charge in [0, 0.05) is 36.5 Å². The lowest BCUT2D eigenvalue weighted by Crippen LogP contribution is -2.38. The Bertz CT molecular complexity index is 769. The number of benzene rings is 1. The molecule has 1 aliphatic rings. The molecule has 0 saturated heterocycles. The summed E-state index contributed by atoms with van der Waals surface area (Å²) in [4.78, 5) is 14.8. The number of amides is 1. The summed E-state index contributed by atoms with van der Waals surface area (Å²) in [7, 11) is 1.90. The number of carbonyl (C=O) groups is 1. The van der Waals surface area contributed by atoms with Crippen molar-refractivity contribution in [1.29, 1.82) is 0 Å². The van der Waals surface area contributed by atoms with E-state index in [1.165, 1.54) is 0 Å². The molecule has 0 spiro atoms. The van der Waals surface area contributed by atoms with Crippen LogP contribution in [0.15, 0.2) is 36.7 Å². The van der Waals surface area contributed by atoms with Crippen LogP contribution < -0.4 is 4.90 Å². The van der Waals surface area contributed by atoms with Crippen LogP contribution in [0.4, 0.5) is 5.69 Å². The molecule has 118 valence electrons. The van der Waals surface area contributed by atoms with E-state index >= 15 is 0 Å². The Balaban J connectivity index is 1.82. The van der Waals surface area contributed by atoms with E-state index in [1.807, 2.05) is 62.5 Å². The quantitative estimate of drug-likeness (QED) is 0.815. The van der Waals surface area contributed by atoms with Gasteiger partial charge in [0.1, 0.15) is 0 Å². The molecule has 2 aromatic rings. The van der Waals surface area contributed by atoms with Crippen molar-refractivity contribution in [3.05, 3.63) is 47.8 Å². The van der Waals surface area contributed by atoms with Crippen LogP contribution in [0, 0.1) is 18.3 Å². The van der Waals surface area contributed by atoms with E-state index in [-0.39, 0.29) is 23.8 Å². The van der Waals surface area contributed by atoms with Crippen molar-refractivity contribution < 1.29 is 4.79 Å². The van der Waals surface area contributed by atoms with Crippen LogP contribution in [0.1, 0.15) is 37.3 Å². The molecule has 1 fully saturated rings. The maximum absolute atomic E-state index is 13.0. The Kier molecular flexibility index (Phi) is 3.96. The first-order valence-electron chi connectivity index (χ1n) is 7.89. The maximum Gasteiger partial charge on any atom is 0.230 e. The highest BCUT2D eigenvalue weighted by Crippen LogP contribution is 2.49. The second-order valence-electron chi connectivity index (χ2n) is 6.39. The predicted molar refractivity (Wildman–Crippen MR) is 91.1 cm³/mol. The van der Waals surface area contributed by atoms with E-state index in [1.54, 1.807) is 4.68 Å². The van der Waals surface area contributed by atoms with Crippen LogP contribution >= 0.6 is 0 Å². The van der Waals surface area contributed by atoms with E-state index < -0.39 is 0 Å². The third-order valence-corrected chi connectivity index (χ3v) is 4.31. The number of hydrogen-bond donors (Lipinski definition) is 0. The zero-order valence-electron chi connectivity index (χ0n) is 13.7. The van der Waals surface area contributed by atoms with Crippen LogP contribution in [0.2, 0.25) is 0 Å². The van der Waals surface area contributed by atoms with Crippen molar-refractivity contribution in [2.24, 2.45) is 13.0 Å². The molecule has 1 aromatic heterocycles. The normalized spacial score (nSPS) is 19.4. The Hall–Kier alpha value is -2.54. The van der Waals surface area contributed by atoms with E-state index in [2.05, 4.69) is 11.0 Å². The molecule has 1 aliphatic carbocycles. The zero-order chi connectivity index (χ0) is 16.6. The van der Waals surface area contributed by atoms with Crippen molar-refractivity contribution in [1.82, 2.24) is 9.78 Å². The molecule has 1 amide bonds. The minimum atomic E-state index is 0.0380. The predicted octanol–water partition coefficient (Wildman–Crippen LogP) is 2.95. The Morgan fingerprint density at radius 2 is 2.26 bits per heavy atom. The molecule has 0 radical (unpaired) electrons. The number of hydrogen-bond acceptors (Lipinski definition) is 2. The van der Waals surface area contributed by atoms with Gasteiger partial charge in [-0.25, -0.2) is 0 Å². The largest absolute Gasteiger partial charge is 0.310 e. The van der Waals surface area contributed by atoms with Crippen LogP contribution in [-0.2, 0) is 11.8 Å². The van der Waals surface area contributed by atoms with Crippen molar-refractivity contribution in [3.63, 3.8) is 0 Å². The first-order chi connectivity index (χ1) is 11.0. The molecule has 23 heavy (non-hydrogen) atoms. The van der Waals surface area contributed by atoms with E-state index in [4.69, 9.17) is 6.42 Å². The van der Waals surface area contributed by atoms with Gasteiger partial charge in [0.2, 0.25) is 5.91 Å². The highest BCUT2D eigenvalue weighted by molar-refractivity contribution is 5.98. The summed E-state index contributed by atoms with van der Waals surface area (Å²) in [5.41, 5.74) is 2.81. The topological polar surface area (TPSA) is 38.1 Å². The second-order valence-corrected chi connectivity index (χ2v) is 6.39. The molecular weight excluding hydrogens is 286 g/mol. The molecule has 3 rings (SSSR count). The summed E-state index contributed by atoms with van der Waals surface area (Å²) in [6.07, 6.45) is 10.2. The Morgan fingerprint density at radius 3 is 2.87 bits per heavy atom. The summed E-state index contributed by atoms with van der Waals surface area (Å²) in [6.45, 7) is 4.06. The van der Waals surface area contributed by atoms with Crippen molar-refractivity contribution in [2.75, 3.05) is 4.90 Å². The number of anilines is 1. The van der Waals surface area contributed by atoms with E-state index in [0.29, 0.717) is 0 Å². The summed E-state index contributed by atoms with van der Waals surface area (Å²) in [5.74, 6) is 3.13. The lowest BCUT2D eigenvalue weighted by Gasteiger charge is -2.27. The minimum absolute atomic E-state index is 0.0380. The molecule has 1 aromatic carbocycles. The van der Waals surface area contributed by atoms with Crippen LogP contribution in [-0.4, -0.2) is 21.7 Å². The van der Waals surface area contributed by atoms with Gasteiger partial charge < -0.3 is 4.90 Å². The third kappa shape index (κ3) is 3.00. The molecule has 0 N–H and O–H groups in total. The van der Waals surface area contributed by atoms with Gasteiger partial charge >= 0.3 is 0 Å². The molecule has 2 atom stereocenters. The fourth-order valence-corrected chi connectivity index (χ4v) is 3.07. The summed E-state index contributed by atoms with van der Waals surface area (Å²) in [5, 5.41) is 4.20. The maximum atomic E-state index is 13.0.